The molecule has 0 saturated heterocycles. The Morgan fingerprint density at radius 3 is 2.16 bits per heavy atom. The van der Waals surface area contributed by atoms with Gasteiger partial charge in [-0.15, -0.1) is 10.2 Å². The van der Waals surface area contributed by atoms with E-state index in [1.165, 1.54) is 17.8 Å². The average Bonchev–Trinajstić information content (AvgIpc) is 3.24. The van der Waals surface area contributed by atoms with E-state index in [1.807, 2.05) is 47.9 Å². The third-order valence-electron chi connectivity index (χ3n) is 4.89. The lowest BCUT2D eigenvalue weighted by Crippen LogP contribution is -2.00. The molecule has 1 aromatic heterocycles. The topological polar surface area (TPSA) is 49.2 Å². The summed E-state index contributed by atoms with van der Waals surface area (Å²) in [7, 11) is 3.18. The van der Waals surface area contributed by atoms with Crippen LogP contribution in [0.2, 0.25) is 0 Å². The summed E-state index contributed by atoms with van der Waals surface area (Å²) in [6, 6.07) is 17.4. The van der Waals surface area contributed by atoms with Crippen molar-refractivity contribution in [3.05, 3.63) is 83.4 Å². The molecule has 1 heterocycles. The van der Waals surface area contributed by atoms with Crippen molar-refractivity contribution < 1.29 is 18.3 Å². The van der Waals surface area contributed by atoms with E-state index in [-0.39, 0.29) is 0 Å². The van der Waals surface area contributed by atoms with Gasteiger partial charge in [0.2, 0.25) is 0 Å². The van der Waals surface area contributed by atoms with Gasteiger partial charge in [-0.2, -0.15) is 0 Å². The van der Waals surface area contributed by atoms with Crippen LogP contribution >= 0.6 is 11.8 Å². The lowest BCUT2D eigenvalue weighted by atomic mass is 10.1. The van der Waals surface area contributed by atoms with Gasteiger partial charge in [0.15, 0.2) is 22.6 Å². The van der Waals surface area contributed by atoms with Crippen molar-refractivity contribution in [3.63, 3.8) is 0 Å². The molecular formula is C24H21F2N3O2S. The Kier molecular flexibility index (Phi) is 6.41. The summed E-state index contributed by atoms with van der Waals surface area (Å²) in [5.41, 5.74) is 3.43. The van der Waals surface area contributed by atoms with E-state index >= 15 is 0 Å². The molecule has 0 atom stereocenters. The van der Waals surface area contributed by atoms with E-state index in [0.29, 0.717) is 33.8 Å². The lowest BCUT2D eigenvalue weighted by molar-refractivity contribution is 0.394. The highest BCUT2D eigenvalue weighted by Crippen LogP contribution is 2.33. The van der Waals surface area contributed by atoms with E-state index in [9.17, 15) is 8.78 Å². The third kappa shape index (κ3) is 4.60. The van der Waals surface area contributed by atoms with Crippen molar-refractivity contribution in [1.82, 2.24) is 14.8 Å². The molecule has 0 unspecified atom stereocenters. The minimum absolute atomic E-state index is 0.405. The van der Waals surface area contributed by atoms with E-state index in [1.54, 1.807) is 26.4 Å². The van der Waals surface area contributed by atoms with Gasteiger partial charge in [0.25, 0.3) is 0 Å². The third-order valence-corrected chi connectivity index (χ3v) is 5.89. The van der Waals surface area contributed by atoms with E-state index in [4.69, 9.17) is 9.47 Å². The van der Waals surface area contributed by atoms with E-state index < -0.39 is 11.6 Å². The minimum Gasteiger partial charge on any atom is -0.497 e. The summed E-state index contributed by atoms with van der Waals surface area (Å²) >= 11 is 1.39. The molecule has 0 aliphatic rings. The maximum Gasteiger partial charge on any atom is 0.196 e. The zero-order chi connectivity index (χ0) is 22.7. The quantitative estimate of drug-likeness (QED) is 0.330. The largest absolute Gasteiger partial charge is 0.497 e. The van der Waals surface area contributed by atoms with Gasteiger partial charge < -0.3 is 9.47 Å². The van der Waals surface area contributed by atoms with E-state index in [0.717, 1.165) is 22.9 Å². The van der Waals surface area contributed by atoms with Crippen LogP contribution in [-0.2, 0) is 5.75 Å². The Balaban J connectivity index is 1.77. The highest BCUT2D eigenvalue weighted by Gasteiger charge is 2.18. The fraction of sp³-hybridized carbons (Fsp3) is 0.167. The summed E-state index contributed by atoms with van der Waals surface area (Å²) in [6.45, 7) is 2.02. The number of ether oxygens (including phenoxy) is 2. The Morgan fingerprint density at radius 1 is 0.844 bits per heavy atom. The standard InChI is InChI=1S/C24H21F2N3O2S/c1-15-4-7-18(8-5-15)29-23(17-11-19(30-2)13-20(12-17)31-3)27-28-24(29)32-14-16-6-9-21(25)22(26)10-16/h4-13H,14H2,1-3H3. The molecule has 0 spiro atoms. The fourth-order valence-electron chi connectivity index (χ4n) is 3.19. The Bertz CT molecular complexity index is 1220. The normalized spacial score (nSPS) is 10.9. The highest BCUT2D eigenvalue weighted by atomic mass is 32.2. The van der Waals surface area contributed by atoms with Crippen LogP contribution in [-0.4, -0.2) is 29.0 Å². The Hall–Kier alpha value is -3.39. The molecule has 0 aliphatic heterocycles. The van der Waals surface area contributed by atoms with Crippen LogP contribution < -0.4 is 9.47 Å². The van der Waals surface area contributed by atoms with Gasteiger partial charge in [-0.3, -0.25) is 4.57 Å². The molecule has 0 amide bonds. The van der Waals surface area contributed by atoms with Crippen molar-refractivity contribution in [2.24, 2.45) is 0 Å². The second-order valence-electron chi connectivity index (χ2n) is 7.12. The molecule has 4 aromatic rings. The SMILES string of the molecule is COc1cc(OC)cc(-c2nnc(SCc3ccc(F)c(F)c3)n2-c2ccc(C)cc2)c1. The fourth-order valence-corrected chi connectivity index (χ4v) is 4.09. The number of benzene rings is 3. The molecule has 32 heavy (non-hydrogen) atoms. The molecule has 0 saturated carbocycles. The first kappa shape index (κ1) is 21.8. The van der Waals surface area contributed by atoms with Crippen molar-refractivity contribution in [3.8, 4) is 28.6 Å². The minimum atomic E-state index is -0.868. The number of aryl methyl sites for hydroxylation is 1. The van der Waals surface area contributed by atoms with Gasteiger partial charge in [-0.25, -0.2) is 8.78 Å². The zero-order valence-corrected chi connectivity index (χ0v) is 18.6. The van der Waals surface area contributed by atoms with Gasteiger partial charge in [-0.1, -0.05) is 35.5 Å². The maximum atomic E-state index is 13.6. The second-order valence-corrected chi connectivity index (χ2v) is 8.06. The number of methoxy groups -OCH3 is 2. The lowest BCUT2D eigenvalue weighted by Gasteiger charge is -2.12. The van der Waals surface area contributed by atoms with Crippen LogP contribution in [0.3, 0.4) is 0 Å². The summed E-state index contributed by atoms with van der Waals surface area (Å²) in [5.74, 6) is 0.548. The highest BCUT2D eigenvalue weighted by molar-refractivity contribution is 7.98. The summed E-state index contributed by atoms with van der Waals surface area (Å²) in [6.07, 6.45) is 0. The molecule has 0 N–H and O–H groups in total. The molecule has 8 heteroatoms. The molecule has 5 nitrogen and oxygen atoms in total. The second kappa shape index (κ2) is 9.40. The van der Waals surface area contributed by atoms with Gasteiger partial charge in [0.05, 0.1) is 14.2 Å². The number of aromatic nitrogens is 3. The van der Waals surface area contributed by atoms with E-state index in [2.05, 4.69) is 10.2 Å². The van der Waals surface area contributed by atoms with Crippen LogP contribution in [0.25, 0.3) is 17.1 Å². The van der Waals surface area contributed by atoms with Gasteiger partial charge >= 0.3 is 0 Å². The van der Waals surface area contributed by atoms with Crippen LogP contribution in [0.1, 0.15) is 11.1 Å². The summed E-state index contributed by atoms with van der Waals surface area (Å²) in [5, 5.41) is 9.43. The number of nitrogens with zero attached hydrogens (tertiary/aromatic N) is 3. The van der Waals surface area contributed by atoms with Crippen molar-refractivity contribution >= 4 is 11.8 Å². The van der Waals surface area contributed by atoms with Gasteiger partial charge in [0, 0.05) is 23.1 Å². The van der Waals surface area contributed by atoms with Gasteiger partial charge in [0.1, 0.15) is 11.5 Å². The van der Waals surface area contributed by atoms with Crippen molar-refractivity contribution in [2.45, 2.75) is 17.8 Å². The predicted molar refractivity (Wildman–Crippen MR) is 121 cm³/mol. The number of hydrogen-bond acceptors (Lipinski definition) is 5. The summed E-state index contributed by atoms with van der Waals surface area (Å²) < 4.78 is 39.6. The predicted octanol–water partition coefficient (Wildman–Crippen LogP) is 5.83. The average molecular weight is 454 g/mol. The van der Waals surface area contributed by atoms with Crippen LogP contribution in [0.5, 0.6) is 11.5 Å². The summed E-state index contributed by atoms with van der Waals surface area (Å²) in [4.78, 5) is 0. The number of hydrogen-bond donors (Lipinski definition) is 0. The molecule has 3 aromatic carbocycles. The molecule has 4 rings (SSSR count). The monoisotopic (exact) mass is 453 g/mol. The smallest absolute Gasteiger partial charge is 0.196 e. The first-order valence-corrected chi connectivity index (χ1v) is 10.8. The Labute approximate surface area is 189 Å². The molecular weight excluding hydrogens is 432 g/mol. The molecule has 0 fully saturated rings. The molecule has 0 radical (unpaired) electrons. The van der Waals surface area contributed by atoms with Crippen LogP contribution in [0.4, 0.5) is 8.78 Å². The Morgan fingerprint density at radius 2 is 1.53 bits per heavy atom. The molecule has 164 valence electrons. The number of thioether (sulfide) groups is 1. The zero-order valence-electron chi connectivity index (χ0n) is 17.8. The van der Waals surface area contributed by atoms with Crippen molar-refractivity contribution in [1.29, 1.82) is 0 Å². The maximum absolute atomic E-state index is 13.6. The van der Waals surface area contributed by atoms with Crippen LogP contribution in [0, 0.1) is 18.6 Å². The first-order chi connectivity index (χ1) is 15.5. The number of halogens is 2. The first-order valence-electron chi connectivity index (χ1n) is 9.81. The molecule has 0 aliphatic carbocycles. The van der Waals surface area contributed by atoms with Crippen LogP contribution in [0.15, 0.2) is 65.8 Å². The number of rotatable bonds is 7. The molecule has 0 bridgehead atoms. The van der Waals surface area contributed by atoms with Gasteiger partial charge in [-0.05, 0) is 48.9 Å². The van der Waals surface area contributed by atoms with Crippen molar-refractivity contribution in [2.75, 3.05) is 14.2 Å².